The number of carbonyl (C=O) groups is 1. The Balaban J connectivity index is 1.60. The van der Waals surface area contributed by atoms with E-state index in [-0.39, 0.29) is 0 Å². The molecule has 1 amide bonds. The molecule has 0 atom stereocenters. The second kappa shape index (κ2) is 8.71. The fraction of sp³-hybridized carbons (Fsp3) is 0.0435. The van der Waals surface area contributed by atoms with Gasteiger partial charge in [0.15, 0.2) is 0 Å². The summed E-state index contributed by atoms with van der Waals surface area (Å²) in [5.41, 5.74) is 11.0. The number of rotatable bonds is 5. The third kappa shape index (κ3) is 3.96. The summed E-state index contributed by atoms with van der Waals surface area (Å²) in [7, 11) is 0. The van der Waals surface area contributed by atoms with Gasteiger partial charge in [-0.1, -0.05) is 89.9 Å². The summed E-state index contributed by atoms with van der Waals surface area (Å²) >= 11 is 12.2. The van der Waals surface area contributed by atoms with Crippen LogP contribution in [0.3, 0.4) is 0 Å². The first-order valence-corrected chi connectivity index (χ1v) is 10.0. The number of benzene rings is 3. The van der Waals surface area contributed by atoms with E-state index in [1.807, 2.05) is 66.7 Å². The first-order valence-electron chi connectivity index (χ1n) is 9.25. The number of carbonyl (C=O) groups excluding carboxylic acids is 1. The number of hydrazine groups is 1. The summed E-state index contributed by atoms with van der Waals surface area (Å²) in [6.45, 7) is 0. The summed E-state index contributed by atoms with van der Waals surface area (Å²) in [4.78, 5) is 12.7. The Labute approximate surface area is 184 Å². The molecular formula is C23H18Cl2N4O. The van der Waals surface area contributed by atoms with E-state index in [9.17, 15) is 4.79 Å². The standard InChI is InChI=1S/C23H18Cl2N4O/c24-19-12-7-13-20(25)18(19)15-26-28-22(30)21-14-23(29-27-21,16-8-3-1-4-9-16)17-10-5-2-6-11-17/h1-15,27,29H,(H,28,30). The van der Waals surface area contributed by atoms with E-state index in [2.05, 4.69) is 21.4 Å². The molecule has 0 radical (unpaired) electrons. The number of nitrogens with one attached hydrogen (secondary N) is 3. The molecule has 30 heavy (non-hydrogen) atoms. The zero-order valence-corrected chi connectivity index (χ0v) is 17.3. The molecule has 1 heterocycles. The summed E-state index contributed by atoms with van der Waals surface area (Å²) in [6.07, 6.45) is 3.28. The molecular weight excluding hydrogens is 419 g/mol. The largest absolute Gasteiger partial charge is 0.315 e. The quantitative estimate of drug-likeness (QED) is 0.410. The molecule has 4 rings (SSSR count). The van der Waals surface area contributed by atoms with Crippen LogP contribution in [0.2, 0.25) is 10.0 Å². The highest BCUT2D eigenvalue weighted by atomic mass is 35.5. The predicted molar refractivity (Wildman–Crippen MR) is 120 cm³/mol. The van der Waals surface area contributed by atoms with Crippen LogP contribution in [-0.2, 0) is 10.3 Å². The van der Waals surface area contributed by atoms with E-state index in [1.165, 1.54) is 6.21 Å². The molecule has 5 nitrogen and oxygen atoms in total. The topological polar surface area (TPSA) is 65.5 Å². The van der Waals surface area contributed by atoms with Gasteiger partial charge in [0, 0.05) is 5.56 Å². The van der Waals surface area contributed by atoms with Crippen LogP contribution >= 0.6 is 23.2 Å². The molecule has 3 aromatic rings. The number of hydrogen-bond donors (Lipinski definition) is 3. The van der Waals surface area contributed by atoms with E-state index in [0.717, 1.165) is 11.1 Å². The van der Waals surface area contributed by atoms with E-state index in [4.69, 9.17) is 23.2 Å². The van der Waals surface area contributed by atoms with Gasteiger partial charge in [-0.25, -0.2) is 10.9 Å². The molecule has 0 unspecified atom stereocenters. The minimum absolute atomic E-state index is 0.352. The van der Waals surface area contributed by atoms with Crippen molar-refractivity contribution in [2.24, 2.45) is 5.10 Å². The average Bonchev–Trinajstić information content (AvgIpc) is 3.24. The number of hydrogen-bond acceptors (Lipinski definition) is 4. The van der Waals surface area contributed by atoms with Gasteiger partial charge in [-0.05, 0) is 29.3 Å². The summed E-state index contributed by atoms with van der Waals surface area (Å²) in [6, 6.07) is 25.0. The summed E-state index contributed by atoms with van der Waals surface area (Å²) in [5.74, 6) is -0.393. The van der Waals surface area contributed by atoms with E-state index in [0.29, 0.717) is 21.3 Å². The Hall–Kier alpha value is -3.12. The van der Waals surface area contributed by atoms with Crippen LogP contribution in [-0.4, -0.2) is 12.1 Å². The van der Waals surface area contributed by atoms with Gasteiger partial charge in [0.05, 0.1) is 16.3 Å². The van der Waals surface area contributed by atoms with Gasteiger partial charge >= 0.3 is 0 Å². The molecule has 0 bridgehead atoms. The molecule has 7 heteroatoms. The zero-order valence-electron chi connectivity index (χ0n) is 15.8. The Morgan fingerprint density at radius 2 is 1.43 bits per heavy atom. The highest BCUT2D eigenvalue weighted by Crippen LogP contribution is 2.34. The average molecular weight is 437 g/mol. The zero-order chi connectivity index (χ0) is 21.0. The van der Waals surface area contributed by atoms with E-state index < -0.39 is 11.4 Å². The maximum Gasteiger partial charge on any atom is 0.288 e. The van der Waals surface area contributed by atoms with Crippen molar-refractivity contribution in [3.05, 3.63) is 117 Å². The molecule has 0 saturated heterocycles. The molecule has 3 aromatic carbocycles. The minimum atomic E-state index is -0.690. The van der Waals surface area contributed by atoms with Crippen LogP contribution in [0.1, 0.15) is 16.7 Å². The minimum Gasteiger partial charge on any atom is -0.315 e. The van der Waals surface area contributed by atoms with Gasteiger partial charge in [0.1, 0.15) is 11.2 Å². The molecule has 1 aliphatic rings. The van der Waals surface area contributed by atoms with Crippen molar-refractivity contribution in [2.45, 2.75) is 5.54 Å². The Bertz CT molecular complexity index is 1050. The van der Waals surface area contributed by atoms with Crippen LogP contribution in [0.4, 0.5) is 0 Å². The SMILES string of the molecule is O=C(NN=Cc1c(Cl)cccc1Cl)C1=CC(c2ccccc2)(c2ccccc2)NN1. The van der Waals surface area contributed by atoms with E-state index in [1.54, 1.807) is 18.2 Å². The number of hydrazone groups is 1. The van der Waals surface area contributed by atoms with Crippen LogP contribution < -0.4 is 16.3 Å². The lowest BCUT2D eigenvalue weighted by atomic mass is 9.83. The number of amides is 1. The van der Waals surface area contributed by atoms with Crippen molar-refractivity contribution in [1.29, 1.82) is 0 Å². The predicted octanol–water partition coefficient (Wildman–Crippen LogP) is 4.38. The highest BCUT2D eigenvalue weighted by Gasteiger charge is 2.38. The summed E-state index contributed by atoms with van der Waals surface area (Å²) in [5, 5.41) is 4.90. The third-order valence-electron chi connectivity index (χ3n) is 4.82. The van der Waals surface area contributed by atoms with Crippen LogP contribution in [0.5, 0.6) is 0 Å². The van der Waals surface area contributed by atoms with Crippen LogP contribution in [0.15, 0.2) is 95.7 Å². The smallest absolute Gasteiger partial charge is 0.288 e. The van der Waals surface area contributed by atoms with Crippen molar-refractivity contribution in [1.82, 2.24) is 16.3 Å². The van der Waals surface area contributed by atoms with Gasteiger partial charge in [-0.2, -0.15) is 5.10 Å². The van der Waals surface area contributed by atoms with Crippen molar-refractivity contribution in [2.75, 3.05) is 0 Å². The number of halogens is 2. The highest BCUT2D eigenvalue weighted by molar-refractivity contribution is 6.38. The lowest BCUT2D eigenvalue weighted by molar-refractivity contribution is -0.117. The normalized spacial score (nSPS) is 14.9. The molecule has 0 aromatic heterocycles. The monoisotopic (exact) mass is 436 g/mol. The van der Waals surface area contributed by atoms with Gasteiger partial charge in [0.2, 0.25) is 0 Å². The van der Waals surface area contributed by atoms with Crippen molar-refractivity contribution < 1.29 is 4.79 Å². The second-order valence-corrected chi connectivity index (χ2v) is 7.50. The van der Waals surface area contributed by atoms with Crippen molar-refractivity contribution in [3.8, 4) is 0 Å². The third-order valence-corrected chi connectivity index (χ3v) is 5.48. The lowest BCUT2D eigenvalue weighted by Gasteiger charge is -2.28. The molecule has 0 aliphatic carbocycles. The first-order chi connectivity index (χ1) is 14.6. The molecule has 150 valence electrons. The van der Waals surface area contributed by atoms with E-state index >= 15 is 0 Å². The Kier molecular flexibility index (Phi) is 5.86. The second-order valence-electron chi connectivity index (χ2n) is 6.68. The van der Waals surface area contributed by atoms with Crippen molar-refractivity contribution in [3.63, 3.8) is 0 Å². The summed E-state index contributed by atoms with van der Waals surface area (Å²) < 4.78 is 0. The molecule has 1 aliphatic heterocycles. The molecule has 0 fully saturated rings. The van der Waals surface area contributed by atoms with Gasteiger partial charge in [-0.15, -0.1) is 0 Å². The van der Waals surface area contributed by atoms with Crippen LogP contribution in [0, 0.1) is 0 Å². The maximum atomic E-state index is 12.7. The van der Waals surface area contributed by atoms with Gasteiger partial charge < -0.3 is 5.43 Å². The molecule has 0 saturated carbocycles. The molecule has 3 N–H and O–H groups in total. The fourth-order valence-electron chi connectivity index (χ4n) is 3.31. The first kappa shape index (κ1) is 20.2. The van der Waals surface area contributed by atoms with Gasteiger partial charge in [0.25, 0.3) is 5.91 Å². The van der Waals surface area contributed by atoms with Gasteiger partial charge in [-0.3, -0.25) is 4.79 Å². The van der Waals surface area contributed by atoms with Crippen LogP contribution in [0.25, 0.3) is 0 Å². The number of nitrogens with zero attached hydrogens (tertiary/aromatic N) is 1. The Morgan fingerprint density at radius 3 is 2.00 bits per heavy atom. The maximum absolute atomic E-state index is 12.7. The lowest BCUT2D eigenvalue weighted by Crippen LogP contribution is -2.44. The molecule has 0 spiro atoms. The van der Waals surface area contributed by atoms with Crippen molar-refractivity contribution >= 4 is 35.3 Å². The fourth-order valence-corrected chi connectivity index (χ4v) is 3.80. The Morgan fingerprint density at radius 1 is 0.867 bits per heavy atom.